The number of carbonyl (C=O) groups excluding carboxylic acids is 1. The molecule has 0 radical (unpaired) electrons. The van der Waals surface area contributed by atoms with Gasteiger partial charge in [0.05, 0.1) is 27.3 Å². The van der Waals surface area contributed by atoms with Crippen LogP contribution >= 0.6 is 34.5 Å². The number of esters is 1. The van der Waals surface area contributed by atoms with Crippen LogP contribution in [0, 0.1) is 10.1 Å². The van der Waals surface area contributed by atoms with Crippen molar-refractivity contribution in [2.24, 2.45) is 4.99 Å². The molecule has 0 saturated carbocycles. The Morgan fingerprint density at radius 3 is 2.69 bits per heavy atom. The molecule has 1 aliphatic rings. The zero-order chi connectivity index (χ0) is 27.8. The molecule has 0 unspecified atom stereocenters. The van der Waals surface area contributed by atoms with E-state index in [4.69, 9.17) is 32.4 Å². The zero-order valence-corrected chi connectivity index (χ0v) is 22.8. The summed E-state index contributed by atoms with van der Waals surface area (Å²) in [5, 5.41) is 11.7. The fraction of sp³-hybridized carbons (Fsp3) is 0.148. The summed E-state index contributed by atoms with van der Waals surface area (Å²) in [5.74, 6) is 0.136. The van der Waals surface area contributed by atoms with Gasteiger partial charge in [0.15, 0.2) is 4.80 Å². The first kappa shape index (κ1) is 26.6. The second kappa shape index (κ2) is 10.6. The van der Waals surface area contributed by atoms with E-state index in [9.17, 15) is 19.7 Å². The smallest absolute Gasteiger partial charge is 0.338 e. The normalized spacial score (nSPS) is 15.2. The Morgan fingerprint density at radius 2 is 1.97 bits per heavy atom. The van der Waals surface area contributed by atoms with Gasteiger partial charge in [0.25, 0.3) is 11.2 Å². The van der Waals surface area contributed by atoms with Gasteiger partial charge in [-0.2, -0.15) is 0 Å². The number of furan rings is 1. The molecule has 0 amide bonds. The number of halogens is 2. The van der Waals surface area contributed by atoms with Gasteiger partial charge >= 0.3 is 5.97 Å². The number of fused-ring (bicyclic) bond motifs is 1. The van der Waals surface area contributed by atoms with Crippen molar-refractivity contribution in [3.8, 4) is 11.3 Å². The van der Waals surface area contributed by atoms with Crippen LogP contribution in [0.25, 0.3) is 17.4 Å². The zero-order valence-electron chi connectivity index (χ0n) is 20.5. The van der Waals surface area contributed by atoms with Crippen molar-refractivity contribution < 1.29 is 18.9 Å². The summed E-state index contributed by atoms with van der Waals surface area (Å²) in [7, 11) is 0. The lowest BCUT2D eigenvalue weighted by Gasteiger charge is -2.25. The largest absolute Gasteiger partial charge is 0.463 e. The standard InChI is InChI=1S/C27H19Cl2N3O6S/c1-3-37-26(34)23-14(2)30-27-31(24(23)17-6-4-5-7-18(17)28)25(33)22(39-27)13-16-9-11-21(38-16)15-8-10-19(29)20(12-15)32(35)36/h4-13,24H,3H2,1-2H3/b22-13-/t24-/m1/s1. The van der Waals surface area contributed by atoms with Gasteiger partial charge in [-0.05, 0) is 49.7 Å². The van der Waals surface area contributed by atoms with E-state index in [0.29, 0.717) is 42.7 Å². The highest BCUT2D eigenvalue weighted by molar-refractivity contribution is 7.07. The van der Waals surface area contributed by atoms with Crippen LogP contribution in [0.15, 0.2) is 80.1 Å². The van der Waals surface area contributed by atoms with Gasteiger partial charge in [-0.1, -0.05) is 52.7 Å². The fourth-order valence-corrected chi connectivity index (χ4v) is 5.76. The maximum atomic E-state index is 13.7. The number of nitro groups is 1. The minimum Gasteiger partial charge on any atom is -0.463 e. The molecular weight excluding hydrogens is 565 g/mol. The molecule has 39 heavy (non-hydrogen) atoms. The minimum absolute atomic E-state index is 0.0159. The Balaban J connectivity index is 1.63. The number of rotatable bonds is 6. The van der Waals surface area contributed by atoms with Gasteiger partial charge in [0.1, 0.15) is 22.6 Å². The molecule has 0 fully saturated rings. The Morgan fingerprint density at radius 1 is 1.21 bits per heavy atom. The number of hydrogen-bond donors (Lipinski definition) is 0. The summed E-state index contributed by atoms with van der Waals surface area (Å²) in [6.45, 7) is 3.55. The highest BCUT2D eigenvalue weighted by Crippen LogP contribution is 2.35. The number of carbonyl (C=O) groups is 1. The van der Waals surface area contributed by atoms with Crippen LogP contribution in [0.4, 0.5) is 5.69 Å². The molecular formula is C27H19Cl2N3O6S. The lowest BCUT2D eigenvalue weighted by molar-refractivity contribution is -0.384. The Labute approximate surface area is 235 Å². The molecule has 1 aliphatic heterocycles. The lowest BCUT2D eigenvalue weighted by Crippen LogP contribution is -2.40. The van der Waals surface area contributed by atoms with Gasteiger partial charge in [-0.15, -0.1) is 0 Å². The lowest BCUT2D eigenvalue weighted by atomic mass is 9.96. The number of nitro benzene ring substituents is 1. The summed E-state index contributed by atoms with van der Waals surface area (Å²) >= 11 is 13.6. The molecule has 2 aromatic heterocycles. The van der Waals surface area contributed by atoms with Gasteiger partial charge in [0.2, 0.25) is 0 Å². The van der Waals surface area contributed by atoms with Crippen LogP contribution in [-0.2, 0) is 9.53 Å². The summed E-state index contributed by atoms with van der Waals surface area (Å²) in [5.41, 5.74) is 1.05. The van der Waals surface area contributed by atoms with Crippen molar-refractivity contribution in [1.29, 1.82) is 0 Å². The molecule has 0 aliphatic carbocycles. The Hall–Kier alpha value is -3.99. The van der Waals surface area contributed by atoms with E-state index in [2.05, 4.69) is 4.99 Å². The third-order valence-electron chi connectivity index (χ3n) is 6.04. The molecule has 9 nitrogen and oxygen atoms in total. The van der Waals surface area contributed by atoms with Crippen molar-refractivity contribution in [3.05, 3.63) is 117 Å². The van der Waals surface area contributed by atoms with Gasteiger partial charge < -0.3 is 9.15 Å². The number of benzene rings is 2. The van der Waals surface area contributed by atoms with Crippen molar-refractivity contribution in [2.45, 2.75) is 19.9 Å². The van der Waals surface area contributed by atoms with E-state index >= 15 is 0 Å². The quantitative estimate of drug-likeness (QED) is 0.173. The average Bonchev–Trinajstić information content (AvgIpc) is 3.48. The second-order valence-corrected chi connectivity index (χ2v) is 10.3. The molecule has 2 aromatic carbocycles. The van der Waals surface area contributed by atoms with E-state index in [-0.39, 0.29) is 22.9 Å². The number of hydrogen-bond acceptors (Lipinski definition) is 8. The number of thiazole rings is 1. The topological polar surface area (TPSA) is 117 Å². The molecule has 12 heteroatoms. The van der Waals surface area contributed by atoms with Crippen LogP contribution in [0.1, 0.15) is 31.2 Å². The number of aromatic nitrogens is 1. The third-order valence-corrected chi connectivity index (χ3v) is 7.69. The van der Waals surface area contributed by atoms with Crippen molar-refractivity contribution in [3.63, 3.8) is 0 Å². The average molecular weight is 584 g/mol. The van der Waals surface area contributed by atoms with Gasteiger partial charge in [-0.25, -0.2) is 9.79 Å². The van der Waals surface area contributed by atoms with E-state index in [1.807, 2.05) is 0 Å². The SMILES string of the molecule is CCOC(=O)C1=C(C)N=c2s/c(=C\c3ccc(-c4ccc(Cl)c([N+](=O)[O-])c4)o3)c(=O)n2[C@@H]1c1ccccc1Cl. The Bertz CT molecular complexity index is 1850. The molecule has 0 N–H and O–H groups in total. The van der Waals surface area contributed by atoms with Crippen LogP contribution in [0.5, 0.6) is 0 Å². The maximum Gasteiger partial charge on any atom is 0.338 e. The van der Waals surface area contributed by atoms with Gasteiger partial charge in [-0.3, -0.25) is 19.5 Å². The molecule has 4 aromatic rings. The van der Waals surface area contributed by atoms with Gasteiger partial charge in [0, 0.05) is 22.7 Å². The van der Waals surface area contributed by atoms with E-state index in [1.54, 1.807) is 62.4 Å². The third kappa shape index (κ3) is 4.94. The molecule has 198 valence electrons. The van der Waals surface area contributed by atoms with Crippen molar-refractivity contribution in [1.82, 2.24) is 4.57 Å². The van der Waals surface area contributed by atoms with Crippen LogP contribution < -0.4 is 14.9 Å². The van der Waals surface area contributed by atoms with Crippen LogP contribution in [-0.4, -0.2) is 22.1 Å². The first-order chi connectivity index (χ1) is 18.7. The summed E-state index contributed by atoms with van der Waals surface area (Å²) in [4.78, 5) is 42.3. The molecule has 0 spiro atoms. The number of allylic oxidation sites excluding steroid dienone is 1. The fourth-order valence-electron chi connectivity index (χ4n) is 4.30. The summed E-state index contributed by atoms with van der Waals surface area (Å²) in [6, 6.07) is 13.8. The van der Waals surface area contributed by atoms with Crippen LogP contribution in [0.2, 0.25) is 10.0 Å². The monoisotopic (exact) mass is 583 g/mol. The molecule has 5 rings (SSSR count). The van der Waals surface area contributed by atoms with Crippen molar-refractivity contribution >= 4 is 52.3 Å². The first-order valence-corrected chi connectivity index (χ1v) is 13.2. The first-order valence-electron chi connectivity index (χ1n) is 11.7. The highest BCUT2D eigenvalue weighted by atomic mass is 35.5. The number of nitrogens with zero attached hydrogens (tertiary/aromatic N) is 3. The highest BCUT2D eigenvalue weighted by Gasteiger charge is 2.34. The number of ether oxygens (including phenoxy) is 1. The molecule has 0 bridgehead atoms. The van der Waals surface area contributed by atoms with E-state index in [0.717, 1.165) is 11.3 Å². The van der Waals surface area contributed by atoms with E-state index < -0.39 is 22.5 Å². The predicted molar refractivity (Wildman–Crippen MR) is 148 cm³/mol. The maximum absolute atomic E-state index is 13.7. The second-order valence-electron chi connectivity index (χ2n) is 8.45. The predicted octanol–water partition coefficient (Wildman–Crippen LogP) is 5.27. The van der Waals surface area contributed by atoms with Crippen LogP contribution in [0.3, 0.4) is 0 Å². The molecule has 0 saturated heterocycles. The minimum atomic E-state index is -0.835. The molecule has 3 heterocycles. The summed E-state index contributed by atoms with van der Waals surface area (Å²) < 4.78 is 12.9. The van der Waals surface area contributed by atoms with Crippen molar-refractivity contribution in [2.75, 3.05) is 6.61 Å². The Kier molecular flexibility index (Phi) is 7.26. The molecule has 1 atom stereocenters. The summed E-state index contributed by atoms with van der Waals surface area (Å²) in [6.07, 6.45) is 1.56. The van der Waals surface area contributed by atoms with E-state index in [1.165, 1.54) is 16.7 Å².